The maximum atomic E-state index is 6.91. The SMILES string of the molecule is c1cc(-c2cnc3c4ccccc4c4ccccc4c3n2)cc(-c2cccc3c2oc2c3ccc3oc4ccc(C5CCCCC5)cc4c32)c1. The van der Waals surface area contributed by atoms with Gasteiger partial charge < -0.3 is 8.83 Å². The highest BCUT2D eigenvalue weighted by molar-refractivity contribution is 6.24. The predicted molar refractivity (Wildman–Crippen MR) is 206 cm³/mol. The van der Waals surface area contributed by atoms with Crippen LogP contribution in [-0.2, 0) is 0 Å². The molecule has 7 aromatic carbocycles. The molecule has 3 heterocycles. The molecule has 0 saturated heterocycles. The molecule has 0 amide bonds. The monoisotopic (exact) mass is 644 g/mol. The summed E-state index contributed by atoms with van der Waals surface area (Å²) in [4.78, 5) is 10.3. The van der Waals surface area contributed by atoms with E-state index < -0.39 is 0 Å². The Morgan fingerprint density at radius 1 is 0.500 bits per heavy atom. The third-order valence-corrected chi connectivity index (χ3v) is 11.1. The van der Waals surface area contributed by atoms with Crippen LogP contribution in [0.3, 0.4) is 0 Å². The Labute approximate surface area is 288 Å². The van der Waals surface area contributed by atoms with Gasteiger partial charge in [0.15, 0.2) is 0 Å². The Morgan fingerprint density at radius 2 is 1.20 bits per heavy atom. The minimum Gasteiger partial charge on any atom is -0.456 e. The Morgan fingerprint density at radius 3 is 2.04 bits per heavy atom. The Balaban J connectivity index is 1.07. The molecular weight excluding hydrogens is 613 g/mol. The lowest BCUT2D eigenvalue weighted by Crippen LogP contribution is -2.03. The van der Waals surface area contributed by atoms with Crippen molar-refractivity contribution in [2.24, 2.45) is 0 Å². The predicted octanol–water partition coefficient (Wildman–Crippen LogP) is 13.1. The lowest BCUT2D eigenvalue weighted by atomic mass is 9.84. The first kappa shape index (κ1) is 27.9. The van der Waals surface area contributed by atoms with Gasteiger partial charge in [-0.15, -0.1) is 0 Å². The first-order valence-electron chi connectivity index (χ1n) is 17.8. The van der Waals surface area contributed by atoms with Crippen molar-refractivity contribution in [3.05, 3.63) is 133 Å². The van der Waals surface area contributed by atoms with Gasteiger partial charge in [-0.2, -0.15) is 0 Å². The summed E-state index contributed by atoms with van der Waals surface area (Å²) >= 11 is 0. The molecule has 11 rings (SSSR count). The molecule has 4 nitrogen and oxygen atoms in total. The van der Waals surface area contributed by atoms with Crippen LogP contribution in [0.25, 0.3) is 98.8 Å². The van der Waals surface area contributed by atoms with Gasteiger partial charge in [-0.25, -0.2) is 4.98 Å². The average molecular weight is 645 g/mol. The third-order valence-electron chi connectivity index (χ3n) is 11.1. The van der Waals surface area contributed by atoms with Gasteiger partial charge in [0.25, 0.3) is 0 Å². The molecule has 0 aliphatic heterocycles. The second-order valence-electron chi connectivity index (χ2n) is 13.9. The molecule has 0 atom stereocenters. The van der Waals surface area contributed by atoms with Crippen LogP contribution in [0.4, 0.5) is 0 Å². The molecule has 0 bridgehead atoms. The summed E-state index contributed by atoms with van der Waals surface area (Å²) < 4.78 is 13.3. The van der Waals surface area contributed by atoms with E-state index >= 15 is 0 Å². The molecule has 1 saturated carbocycles. The van der Waals surface area contributed by atoms with Gasteiger partial charge in [0.05, 0.1) is 28.3 Å². The van der Waals surface area contributed by atoms with Crippen LogP contribution in [0.15, 0.2) is 136 Å². The summed E-state index contributed by atoms with van der Waals surface area (Å²) in [6.45, 7) is 0. The molecule has 3 aromatic heterocycles. The highest BCUT2D eigenvalue weighted by atomic mass is 16.3. The van der Waals surface area contributed by atoms with E-state index in [1.165, 1.54) is 48.4 Å². The highest BCUT2D eigenvalue weighted by Gasteiger charge is 2.21. The third kappa shape index (κ3) is 4.11. The van der Waals surface area contributed by atoms with Gasteiger partial charge in [-0.1, -0.05) is 110 Å². The summed E-state index contributed by atoms with van der Waals surface area (Å²) in [6.07, 6.45) is 8.42. The number of fused-ring (bicyclic) bond motifs is 13. The number of benzene rings is 7. The van der Waals surface area contributed by atoms with E-state index in [0.717, 1.165) is 88.1 Å². The zero-order valence-electron chi connectivity index (χ0n) is 27.4. The number of hydrogen-bond donors (Lipinski definition) is 0. The molecule has 4 heteroatoms. The second-order valence-corrected chi connectivity index (χ2v) is 13.9. The molecule has 238 valence electrons. The molecule has 1 aliphatic carbocycles. The van der Waals surface area contributed by atoms with Gasteiger partial charge in [0.1, 0.15) is 22.3 Å². The van der Waals surface area contributed by atoms with Crippen LogP contribution < -0.4 is 0 Å². The number of aromatic nitrogens is 2. The molecule has 0 unspecified atom stereocenters. The second kappa shape index (κ2) is 10.8. The van der Waals surface area contributed by atoms with E-state index in [4.69, 9.17) is 18.8 Å². The lowest BCUT2D eigenvalue weighted by Gasteiger charge is -2.21. The minimum absolute atomic E-state index is 0.622. The molecular formula is C46H32N2O2. The van der Waals surface area contributed by atoms with Crippen molar-refractivity contribution >= 4 is 76.5 Å². The number of hydrogen-bond acceptors (Lipinski definition) is 4. The van der Waals surface area contributed by atoms with E-state index in [-0.39, 0.29) is 0 Å². The van der Waals surface area contributed by atoms with Crippen LogP contribution in [0.2, 0.25) is 0 Å². The van der Waals surface area contributed by atoms with Crippen molar-refractivity contribution in [3.8, 4) is 22.4 Å². The normalized spacial score (nSPS) is 14.3. The standard InChI is InChI=1S/C46H32N2O2/c1-2-10-27(11-3-1)28-20-22-40-38(25-28)42-41(49-40)23-21-37-36-19-9-18-31(45(36)50-46(37)42)29-12-8-13-30(24-29)39-26-47-43-34-16-6-4-14-32(34)33-15-5-7-17-35(33)44(43)48-39/h4-9,12-27H,1-3,10-11H2. The average Bonchev–Trinajstić information content (AvgIpc) is 3.76. The first-order chi connectivity index (χ1) is 24.8. The number of furan rings is 2. The molecule has 0 N–H and O–H groups in total. The van der Waals surface area contributed by atoms with Crippen LogP contribution in [0.5, 0.6) is 0 Å². The highest BCUT2D eigenvalue weighted by Crippen LogP contribution is 2.44. The molecule has 0 spiro atoms. The van der Waals surface area contributed by atoms with Crippen molar-refractivity contribution in [2.45, 2.75) is 38.0 Å². The van der Waals surface area contributed by atoms with Crippen LogP contribution in [-0.4, -0.2) is 9.97 Å². The Kier molecular flexibility index (Phi) is 6.00. The van der Waals surface area contributed by atoms with Gasteiger partial charge in [0, 0.05) is 38.1 Å². The fourth-order valence-electron chi connectivity index (χ4n) is 8.66. The number of rotatable bonds is 3. The van der Waals surface area contributed by atoms with E-state index in [2.05, 4.69) is 121 Å². The summed E-state index contributed by atoms with van der Waals surface area (Å²) in [5.74, 6) is 0.622. The lowest BCUT2D eigenvalue weighted by molar-refractivity contribution is 0.444. The maximum Gasteiger partial charge on any atom is 0.147 e. The molecule has 10 aromatic rings. The van der Waals surface area contributed by atoms with Gasteiger partial charge in [-0.3, -0.25) is 4.98 Å². The van der Waals surface area contributed by atoms with Crippen molar-refractivity contribution < 1.29 is 8.83 Å². The summed E-state index contributed by atoms with van der Waals surface area (Å²) in [6, 6.07) is 43.0. The Hall–Kier alpha value is -6.00. The van der Waals surface area contributed by atoms with E-state index in [1.54, 1.807) is 0 Å². The largest absolute Gasteiger partial charge is 0.456 e. The molecule has 1 fully saturated rings. The summed E-state index contributed by atoms with van der Waals surface area (Å²) in [7, 11) is 0. The smallest absolute Gasteiger partial charge is 0.147 e. The van der Waals surface area contributed by atoms with E-state index in [1.807, 2.05) is 6.20 Å². The van der Waals surface area contributed by atoms with Crippen molar-refractivity contribution in [2.75, 3.05) is 0 Å². The van der Waals surface area contributed by atoms with Crippen LogP contribution in [0, 0.1) is 0 Å². The molecule has 0 radical (unpaired) electrons. The number of nitrogens with zero attached hydrogens (tertiary/aromatic N) is 2. The quantitative estimate of drug-likeness (QED) is 0.180. The van der Waals surface area contributed by atoms with Crippen molar-refractivity contribution in [1.29, 1.82) is 0 Å². The number of para-hydroxylation sites is 1. The fraction of sp³-hybridized carbons (Fsp3) is 0.130. The zero-order valence-corrected chi connectivity index (χ0v) is 27.4. The van der Waals surface area contributed by atoms with Gasteiger partial charge >= 0.3 is 0 Å². The van der Waals surface area contributed by atoms with Gasteiger partial charge in [-0.05, 0) is 71.0 Å². The topological polar surface area (TPSA) is 52.1 Å². The van der Waals surface area contributed by atoms with E-state index in [9.17, 15) is 0 Å². The minimum atomic E-state index is 0.622. The van der Waals surface area contributed by atoms with E-state index in [0.29, 0.717) is 5.92 Å². The first-order valence-corrected chi connectivity index (χ1v) is 17.8. The van der Waals surface area contributed by atoms with Crippen LogP contribution >= 0.6 is 0 Å². The van der Waals surface area contributed by atoms with Gasteiger partial charge in [0.2, 0.25) is 0 Å². The fourth-order valence-corrected chi connectivity index (χ4v) is 8.66. The van der Waals surface area contributed by atoms with Crippen molar-refractivity contribution in [1.82, 2.24) is 9.97 Å². The Bertz CT molecular complexity index is 2940. The summed E-state index contributed by atoms with van der Waals surface area (Å²) in [5.41, 5.74) is 10.8. The molecule has 1 aliphatic rings. The van der Waals surface area contributed by atoms with Crippen LogP contribution in [0.1, 0.15) is 43.6 Å². The van der Waals surface area contributed by atoms with Crippen molar-refractivity contribution in [3.63, 3.8) is 0 Å². The summed E-state index contributed by atoms with van der Waals surface area (Å²) in [5, 5.41) is 9.05. The molecule has 50 heavy (non-hydrogen) atoms. The maximum absolute atomic E-state index is 6.91. The zero-order chi connectivity index (χ0) is 32.8.